The SMILES string of the molecule is CC(O)(CNC(=O)Cc1ccc(OC(F)F)cc1)c1cccs1. The molecule has 23 heavy (non-hydrogen) atoms. The zero-order chi connectivity index (χ0) is 16.9. The Kier molecular flexibility index (Phi) is 5.68. The number of halogens is 2. The van der Waals surface area contributed by atoms with Gasteiger partial charge in [0.15, 0.2) is 0 Å². The molecule has 0 aliphatic heterocycles. The number of hydrogen-bond acceptors (Lipinski definition) is 4. The number of alkyl halides is 2. The molecule has 1 unspecified atom stereocenters. The molecule has 1 atom stereocenters. The molecule has 0 radical (unpaired) electrons. The lowest BCUT2D eigenvalue weighted by molar-refractivity contribution is -0.121. The average molecular weight is 341 g/mol. The van der Waals surface area contributed by atoms with Crippen LogP contribution in [0.3, 0.4) is 0 Å². The van der Waals surface area contributed by atoms with Gasteiger partial charge in [-0.1, -0.05) is 18.2 Å². The molecule has 4 nitrogen and oxygen atoms in total. The molecular formula is C16H17F2NO3S. The number of amides is 1. The molecule has 124 valence electrons. The van der Waals surface area contributed by atoms with Crippen LogP contribution in [-0.2, 0) is 16.8 Å². The molecule has 1 heterocycles. The summed E-state index contributed by atoms with van der Waals surface area (Å²) in [7, 11) is 0. The highest BCUT2D eigenvalue weighted by molar-refractivity contribution is 7.10. The van der Waals surface area contributed by atoms with Gasteiger partial charge in [-0.3, -0.25) is 4.79 Å². The zero-order valence-electron chi connectivity index (χ0n) is 12.5. The molecule has 2 aromatic rings. The molecule has 2 rings (SSSR count). The van der Waals surface area contributed by atoms with Gasteiger partial charge in [0.1, 0.15) is 11.4 Å². The molecule has 1 aromatic heterocycles. The summed E-state index contributed by atoms with van der Waals surface area (Å²) in [6.07, 6.45) is 0.0927. The van der Waals surface area contributed by atoms with Crippen molar-refractivity contribution in [3.63, 3.8) is 0 Å². The molecule has 0 saturated heterocycles. The van der Waals surface area contributed by atoms with Crippen LogP contribution in [0.5, 0.6) is 5.75 Å². The minimum Gasteiger partial charge on any atom is -0.435 e. The van der Waals surface area contributed by atoms with Crippen molar-refractivity contribution in [1.29, 1.82) is 0 Å². The van der Waals surface area contributed by atoms with E-state index in [-0.39, 0.29) is 24.6 Å². The number of benzene rings is 1. The van der Waals surface area contributed by atoms with Gasteiger partial charge in [0.05, 0.1) is 13.0 Å². The van der Waals surface area contributed by atoms with Gasteiger partial charge in [-0.05, 0) is 36.1 Å². The van der Waals surface area contributed by atoms with E-state index in [9.17, 15) is 18.7 Å². The highest BCUT2D eigenvalue weighted by Crippen LogP contribution is 2.24. The first-order chi connectivity index (χ1) is 10.9. The Bertz CT molecular complexity index is 627. The fourth-order valence-electron chi connectivity index (χ4n) is 1.98. The lowest BCUT2D eigenvalue weighted by atomic mass is 10.0. The first-order valence-corrected chi connectivity index (χ1v) is 7.81. The standard InChI is InChI=1S/C16H17F2NO3S/c1-16(21,13-3-2-8-23-13)10-19-14(20)9-11-4-6-12(7-5-11)22-15(17)18/h2-8,15,21H,9-10H2,1H3,(H,19,20). The van der Waals surface area contributed by atoms with E-state index in [0.717, 1.165) is 4.88 Å². The van der Waals surface area contributed by atoms with Crippen LogP contribution in [0.15, 0.2) is 41.8 Å². The van der Waals surface area contributed by atoms with Gasteiger partial charge >= 0.3 is 6.61 Å². The summed E-state index contributed by atoms with van der Waals surface area (Å²) < 4.78 is 28.3. The summed E-state index contributed by atoms with van der Waals surface area (Å²) >= 11 is 1.42. The minimum atomic E-state index is -2.87. The van der Waals surface area contributed by atoms with Crippen LogP contribution in [0, 0.1) is 0 Å². The first kappa shape index (κ1) is 17.4. The fourth-order valence-corrected chi connectivity index (χ4v) is 2.77. The monoisotopic (exact) mass is 341 g/mol. The third-order valence-electron chi connectivity index (χ3n) is 3.19. The Hall–Kier alpha value is -1.99. The van der Waals surface area contributed by atoms with E-state index < -0.39 is 12.2 Å². The van der Waals surface area contributed by atoms with Gasteiger partial charge in [-0.2, -0.15) is 8.78 Å². The highest BCUT2D eigenvalue weighted by atomic mass is 32.1. The lowest BCUT2D eigenvalue weighted by Gasteiger charge is -2.22. The van der Waals surface area contributed by atoms with Crippen molar-refractivity contribution in [2.24, 2.45) is 0 Å². The van der Waals surface area contributed by atoms with Crippen molar-refractivity contribution >= 4 is 17.2 Å². The van der Waals surface area contributed by atoms with Gasteiger partial charge in [0, 0.05) is 4.88 Å². The van der Waals surface area contributed by atoms with E-state index in [1.807, 2.05) is 11.4 Å². The quantitative estimate of drug-likeness (QED) is 0.814. The molecule has 0 spiro atoms. The third kappa shape index (κ3) is 5.30. The topological polar surface area (TPSA) is 58.6 Å². The maximum Gasteiger partial charge on any atom is 0.387 e. The largest absolute Gasteiger partial charge is 0.435 e. The van der Waals surface area contributed by atoms with Crippen molar-refractivity contribution in [2.75, 3.05) is 6.54 Å². The second-order valence-corrected chi connectivity index (χ2v) is 6.17. The first-order valence-electron chi connectivity index (χ1n) is 6.93. The lowest BCUT2D eigenvalue weighted by Crippen LogP contribution is -2.38. The third-order valence-corrected chi connectivity index (χ3v) is 4.32. The van der Waals surface area contributed by atoms with E-state index in [1.165, 1.54) is 23.5 Å². The molecular weight excluding hydrogens is 324 g/mol. The number of carbonyl (C=O) groups excluding carboxylic acids is 1. The zero-order valence-corrected chi connectivity index (χ0v) is 13.3. The molecule has 0 aliphatic rings. The van der Waals surface area contributed by atoms with Crippen molar-refractivity contribution < 1.29 is 23.4 Å². The number of nitrogens with one attached hydrogen (secondary N) is 1. The molecule has 1 amide bonds. The smallest absolute Gasteiger partial charge is 0.387 e. The predicted octanol–water partition coefficient (Wildman–Crippen LogP) is 2.92. The molecule has 2 N–H and O–H groups in total. The highest BCUT2D eigenvalue weighted by Gasteiger charge is 2.24. The van der Waals surface area contributed by atoms with Crippen LogP contribution >= 0.6 is 11.3 Å². The van der Waals surface area contributed by atoms with E-state index in [2.05, 4.69) is 10.1 Å². The molecule has 0 aliphatic carbocycles. The van der Waals surface area contributed by atoms with Gasteiger partial charge in [-0.15, -0.1) is 11.3 Å². The normalized spacial score (nSPS) is 13.6. The van der Waals surface area contributed by atoms with E-state index >= 15 is 0 Å². The van der Waals surface area contributed by atoms with E-state index in [4.69, 9.17) is 0 Å². The Balaban J connectivity index is 1.85. The summed E-state index contributed by atoms with van der Waals surface area (Å²) in [5, 5.41) is 14.8. The van der Waals surface area contributed by atoms with Crippen LogP contribution in [-0.4, -0.2) is 24.2 Å². The van der Waals surface area contributed by atoms with E-state index in [0.29, 0.717) is 5.56 Å². The average Bonchev–Trinajstić information content (AvgIpc) is 3.02. The van der Waals surface area contributed by atoms with E-state index in [1.54, 1.807) is 25.1 Å². The van der Waals surface area contributed by atoms with Crippen molar-refractivity contribution in [1.82, 2.24) is 5.32 Å². The summed E-state index contributed by atoms with van der Waals surface area (Å²) in [6, 6.07) is 9.51. The number of aliphatic hydroxyl groups is 1. The van der Waals surface area contributed by atoms with Crippen molar-refractivity contribution in [2.45, 2.75) is 25.6 Å². The van der Waals surface area contributed by atoms with Crippen LogP contribution in [0.25, 0.3) is 0 Å². The molecule has 7 heteroatoms. The fraction of sp³-hybridized carbons (Fsp3) is 0.312. The molecule has 0 fully saturated rings. The molecule has 1 aromatic carbocycles. The number of rotatable bonds is 7. The summed E-state index contributed by atoms with van der Waals surface area (Å²) in [4.78, 5) is 12.7. The number of carbonyl (C=O) groups is 1. The second kappa shape index (κ2) is 7.52. The van der Waals surface area contributed by atoms with Gasteiger partial charge in [0.2, 0.25) is 5.91 Å². The van der Waals surface area contributed by atoms with Crippen LogP contribution in [0.2, 0.25) is 0 Å². The van der Waals surface area contributed by atoms with Gasteiger partial charge in [0.25, 0.3) is 0 Å². The molecule has 0 bridgehead atoms. The van der Waals surface area contributed by atoms with Crippen LogP contribution in [0.1, 0.15) is 17.4 Å². The Labute approximate surface area is 136 Å². The van der Waals surface area contributed by atoms with Gasteiger partial charge < -0.3 is 15.2 Å². The predicted molar refractivity (Wildman–Crippen MR) is 83.7 cm³/mol. The summed E-state index contributed by atoms with van der Waals surface area (Å²) in [5.41, 5.74) is -0.460. The minimum absolute atomic E-state index is 0.0461. The maximum absolute atomic E-state index is 12.1. The maximum atomic E-state index is 12.1. The number of hydrogen-bond donors (Lipinski definition) is 2. The van der Waals surface area contributed by atoms with Crippen LogP contribution in [0.4, 0.5) is 8.78 Å². The molecule has 0 saturated carbocycles. The van der Waals surface area contributed by atoms with Crippen molar-refractivity contribution in [3.05, 3.63) is 52.2 Å². The number of thiophene rings is 1. The van der Waals surface area contributed by atoms with Crippen molar-refractivity contribution in [3.8, 4) is 5.75 Å². The summed E-state index contributed by atoms with van der Waals surface area (Å²) in [6.45, 7) is -1.14. The Morgan fingerprint density at radius 3 is 2.61 bits per heavy atom. The summed E-state index contributed by atoms with van der Waals surface area (Å²) in [5.74, 6) is -0.214. The van der Waals surface area contributed by atoms with Crippen LogP contribution < -0.4 is 10.1 Å². The van der Waals surface area contributed by atoms with Gasteiger partial charge in [-0.25, -0.2) is 0 Å². The second-order valence-electron chi connectivity index (χ2n) is 5.23. The number of ether oxygens (including phenoxy) is 1. The Morgan fingerprint density at radius 1 is 1.35 bits per heavy atom. The Morgan fingerprint density at radius 2 is 2.04 bits per heavy atom.